The van der Waals surface area contributed by atoms with Crippen LogP contribution >= 0.6 is 0 Å². The van der Waals surface area contributed by atoms with Crippen LogP contribution < -0.4 is 5.32 Å². The highest BCUT2D eigenvalue weighted by atomic mass is 16.2. The predicted molar refractivity (Wildman–Crippen MR) is 60.3 cm³/mol. The van der Waals surface area contributed by atoms with Crippen LogP contribution in [0.2, 0.25) is 0 Å². The van der Waals surface area contributed by atoms with Gasteiger partial charge in [-0.05, 0) is 38.5 Å². The van der Waals surface area contributed by atoms with Gasteiger partial charge in [-0.3, -0.25) is 10.1 Å². The Balaban J connectivity index is 2.08. The molecule has 0 spiro atoms. The lowest BCUT2D eigenvalue weighted by Crippen LogP contribution is -2.42. The zero-order valence-electron chi connectivity index (χ0n) is 10.2. The van der Waals surface area contributed by atoms with E-state index in [0.29, 0.717) is 17.9 Å². The molecule has 15 heavy (non-hydrogen) atoms. The molecule has 1 N–H and O–H groups in total. The standard InChI is InChI=1S/C12H22N2O/c1-7(2)11-12(15)14(9(4)13-11)8(3)10-5-6-10/h7-11,13H,5-6H2,1-4H3. The van der Waals surface area contributed by atoms with E-state index in [0.717, 1.165) is 5.92 Å². The molecule has 0 bridgehead atoms. The minimum Gasteiger partial charge on any atom is -0.323 e. The average molecular weight is 210 g/mol. The van der Waals surface area contributed by atoms with Gasteiger partial charge in [0.15, 0.2) is 0 Å². The van der Waals surface area contributed by atoms with E-state index in [2.05, 4.69) is 37.9 Å². The summed E-state index contributed by atoms with van der Waals surface area (Å²) in [5.41, 5.74) is 0. The highest BCUT2D eigenvalue weighted by Gasteiger charge is 2.44. The number of nitrogens with zero attached hydrogens (tertiary/aromatic N) is 1. The molecule has 0 aromatic carbocycles. The first-order valence-electron chi connectivity index (χ1n) is 6.10. The van der Waals surface area contributed by atoms with Crippen molar-refractivity contribution < 1.29 is 4.79 Å². The maximum atomic E-state index is 12.2. The van der Waals surface area contributed by atoms with Gasteiger partial charge in [0.1, 0.15) is 0 Å². The summed E-state index contributed by atoms with van der Waals surface area (Å²) in [5.74, 6) is 1.44. The summed E-state index contributed by atoms with van der Waals surface area (Å²) in [4.78, 5) is 14.3. The van der Waals surface area contributed by atoms with Gasteiger partial charge in [0.25, 0.3) is 0 Å². The van der Waals surface area contributed by atoms with Crippen LogP contribution in [0.4, 0.5) is 0 Å². The van der Waals surface area contributed by atoms with Crippen molar-refractivity contribution in [3.63, 3.8) is 0 Å². The molecule has 1 amide bonds. The third-order valence-electron chi connectivity index (χ3n) is 3.77. The molecule has 1 heterocycles. The minimum atomic E-state index is 0.0289. The molecule has 3 atom stereocenters. The molecule has 0 radical (unpaired) electrons. The number of carbonyl (C=O) groups is 1. The summed E-state index contributed by atoms with van der Waals surface area (Å²) in [6.07, 6.45) is 2.80. The van der Waals surface area contributed by atoms with E-state index in [1.165, 1.54) is 12.8 Å². The van der Waals surface area contributed by atoms with E-state index in [1.54, 1.807) is 0 Å². The van der Waals surface area contributed by atoms with Crippen molar-refractivity contribution in [2.24, 2.45) is 11.8 Å². The number of carbonyl (C=O) groups excluding carboxylic acids is 1. The lowest BCUT2D eigenvalue weighted by molar-refractivity contribution is -0.132. The van der Waals surface area contributed by atoms with Crippen LogP contribution in [-0.2, 0) is 4.79 Å². The van der Waals surface area contributed by atoms with Gasteiger partial charge < -0.3 is 4.90 Å². The SMILES string of the molecule is CC(C)C1NC(C)N(C(C)C2CC2)C1=O. The van der Waals surface area contributed by atoms with Gasteiger partial charge in [-0.2, -0.15) is 0 Å². The van der Waals surface area contributed by atoms with E-state index in [1.807, 2.05) is 0 Å². The molecule has 1 saturated heterocycles. The van der Waals surface area contributed by atoms with Crippen LogP contribution in [0.15, 0.2) is 0 Å². The second-order valence-corrected chi connectivity index (χ2v) is 5.39. The molecule has 86 valence electrons. The molecule has 1 saturated carbocycles. The largest absolute Gasteiger partial charge is 0.323 e. The van der Waals surface area contributed by atoms with Gasteiger partial charge in [-0.1, -0.05) is 13.8 Å². The van der Waals surface area contributed by atoms with Crippen molar-refractivity contribution >= 4 is 5.91 Å². The van der Waals surface area contributed by atoms with Crippen molar-refractivity contribution in [3.05, 3.63) is 0 Å². The molecule has 2 rings (SSSR count). The Bertz CT molecular complexity index is 260. The average Bonchev–Trinajstić information content (AvgIpc) is 2.92. The highest BCUT2D eigenvalue weighted by molar-refractivity contribution is 5.84. The first kappa shape index (κ1) is 10.9. The number of hydrogen-bond donors (Lipinski definition) is 1. The molecular formula is C12H22N2O. The van der Waals surface area contributed by atoms with Crippen LogP contribution in [0.1, 0.15) is 40.5 Å². The molecular weight excluding hydrogens is 188 g/mol. The van der Waals surface area contributed by atoms with E-state index in [-0.39, 0.29) is 12.2 Å². The van der Waals surface area contributed by atoms with Gasteiger partial charge in [-0.15, -0.1) is 0 Å². The number of rotatable bonds is 3. The van der Waals surface area contributed by atoms with Gasteiger partial charge in [0.2, 0.25) is 5.91 Å². The van der Waals surface area contributed by atoms with E-state index in [9.17, 15) is 4.79 Å². The van der Waals surface area contributed by atoms with Crippen molar-refractivity contribution in [3.8, 4) is 0 Å². The maximum absolute atomic E-state index is 12.2. The second kappa shape index (κ2) is 3.78. The summed E-state index contributed by atoms with van der Waals surface area (Å²) >= 11 is 0. The molecule has 0 aromatic heterocycles. The molecule has 1 aliphatic carbocycles. The van der Waals surface area contributed by atoms with Gasteiger partial charge in [0.05, 0.1) is 12.2 Å². The Morgan fingerprint density at radius 1 is 1.33 bits per heavy atom. The zero-order valence-corrected chi connectivity index (χ0v) is 10.2. The van der Waals surface area contributed by atoms with Crippen LogP contribution in [0.3, 0.4) is 0 Å². The smallest absolute Gasteiger partial charge is 0.241 e. The molecule has 3 heteroatoms. The molecule has 3 nitrogen and oxygen atoms in total. The van der Waals surface area contributed by atoms with E-state index < -0.39 is 0 Å². The summed E-state index contributed by atoms with van der Waals surface area (Å²) in [6.45, 7) is 8.50. The number of hydrogen-bond acceptors (Lipinski definition) is 2. The normalized spacial score (nSPS) is 33.9. The first-order chi connectivity index (χ1) is 7.02. The summed E-state index contributed by atoms with van der Waals surface area (Å²) < 4.78 is 0. The number of amides is 1. The predicted octanol–water partition coefficient (Wildman–Crippen LogP) is 1.59. The number of nitrogens with one attached hydrogen (secondary N) is 1. The molecule has 2 aliphatic rings. The van der Waals surface area contributed by atoms with Crippen molar-refractivity contribution in [2.45, 2.75) is 58.8 Å². The van der Waals surface area contributed by atoms with Crippen LogP contribution in [-0.4, -0.2) is 29.1 Å². The van der Waals surface area contributed by atoms with Crippen LogP contribution in [0, 0.1) is 11.8 Å². The van der Waals surface area contributed by atoms with Crippen LogP contribution in [0.5, 0.6) is 0 Å². The van der Waals surface area contributed by atoms with Gasteiger partial charge in [-0.25, -0.2) is 0 Å². The molecule has 2 fully saturated rings. The van der Waals surface area contributed by atoms with Crippen LogP contribution in [0.25, 0.3) is 0 Å². The minimum absolute atomic E-state index is 0.0289. The van der Waals surface area contributed by atoms with Crippen molar-refractivity contribution in [1.29, 1.82) is 0 Å². The third-order valence-corrected chi connectivity index (χ3v) is 3.77. The lowest BCUT2D eigenvalue weighted by atomic mass is 10.0. The lowest BCUT2D eigenvalue weighted by Gasteiger charge is -2.28. The first-order valence-corrected chi connectivity index (χ1v) is 6.10. The fraction of sp³-hybridized carbons (Fsp3) is 0.917. The highest BCUT2D eigenvalue weighted by Crippen LogP contribution is 2.37. The third kappa shape index (κ3) is 1.89. The summed E-state index contributed by atoms with van der Waals surface area (Å²) in [6, 6.07) is 0.449. The summed E-state index contributed by atoms with van der Waals surface area (Å²) in [5, 5.41) is 3.39. The Hall–Kier alpha value is -0.570. The van der Waals surface area contributed by atoms with Gasteiger partial charge >= 0.3 is 0 Å². The fourth-order valence-electron chi connectivity index (χ4n) is 2.60. The Labute approximate surface area is 92.2 Å². The van der Waals surface area contributed by atoms with E-state index >= 15 is 0 Å². The fourth-order valence-corrected chi connectivity index (χ4v) is 2.60. The quantitative estimate of drug-likeness (QED) is 0.767. The Morgan fingerprint density at radius 3 is 2.33 bits per heavy atom. The second-order valence-electron chi connectivity index (χ2n) is 5.39. The van der Waals surface area contributed by atoms with Crippen molar-refractivity contribution in [2.75, 3.05) is 0 Å². The monoisotopic (exact) mass is 210 g/mol. The Kier molecular flexibility index (Phi) is 2.75. The molecule has 3 unspecified atom stereocenters. The molecule has 0 aromatic rings. The zero-order chi connectivity index (χ0) is 11.2. The topological polar surface area (TPSA) is 32.3 Å². The summed E-state index contributed by atoms with van der Waals surface area (Å²) in [7, 11) is 0. The Morgan fingerprint density at radius 2 is 1.93 bits per heavy atom. The molecule has 1 aliphatic heterocycles. The van der Waals surface area contributed by atoms with Gasteiger partial charge in [0, 0.05) is 6.04 Å². The maximum Gasteiger partial charge on any atom is 0.241 e. The van der Waals surface area contributed by atoms with E-state index in [4.69, 9.17) is 0 Å². The van der Waals surface area contributed by atoms with Crippen molar-refractivity contribution in [1.82, 2.24) is 10.2 Å².